The van der Waals surface area contributed by atoms with Crippen molar-refractivity contribution in [1.82, 2.24) is 14.8 Å². The summed E-state index contributed by atoms with van der Waals surface area (Å²) < 4.78 is 6.59. The zero-order valence-corrected chi connectivity index (χ0v) is 19.4. The minimum atomic E-state index is -0.409. The van der Waals surface area contributed by atoms with Crippen molar-refractivity contribution in [1.29, 1.82) is 0 Å². The highest BCUT2D eigenvalue weighted by atomic mass is 16.5. The van der Waals surface area contributed by atoms with E-state index in [9.17, 15) is 9.59 Å². The Hall–Kier alpha value is -4.44. The minimum Gasteiger partial charge on any atom is -0.465 e. The molecule has 0 saturated carbocycles. The second-order valence-corrected chi connectivity index (χ2v) is 8.07. The van der Waals surface area contributed by atoms with E-state index in [1.165, 1.54) is 7.11 Å². The van der Waals surface area contributed by atoms with Crippen molar-refractivity contribution in [2.75, 3.05) is 12.4 Å². The first-order valence-electron chi connectivity index (χ1n) is 10.8. The molecule has 0 aliphatic rings. The Morgan fingerprint density at radius 1 is 1.03 bits per heavy atom. The van der Waals surface area contributed by atoms with Gasteiger partial charge in [0, 0.05) is 28.2 Å². The quantitative estimate of drug-likeness (QED) is 0.356. The van der Waals surface area contributed by atoms with E-state index in [2.05, 4.69) is 27.2 Å². The molecule has 7 nitrogen and oxygen atoms in total. The summed E-state index contributed by atoms with van der Waals surface area (Å²) in [7, 11) is 1.34. The first-order valence-corrected chi connectivity index (χ1v) is 10.8. The number of ether oxygens (including phenoxy) is 1. The molecule has 0 radical (unpaired) electrons. The summed E-state index contributed by atoms with van der Waals surface area (Å²) in [6.45, 7) is 5.89. The van der Waals surface area contributed by atoms with Crippen LogP contribution in [-0.4, -0.2) is 33.8 Å². The fourth-order valence-electron chi connectivity index (χ4n) is 3.53. The summed E-state index contributed by atoms with van der Waals surface area (Å²) in [5.41, 5.74) is 4.37. The normalized spacial score (nSPS) is 10.6. The van der Waals surface area contributed by atoms with Crippen LogP contribution in [0.5, 0.6) is 0 Å². The number of aromatic nitrogens is 3. The lowest BCUT2D eigenvalue weighted by atomic mass is 10.1. The fourth-order valence-corrected chi connectivity index (χ4v) is 3.53. The molecule has 170 valence electrons. The van der Waals surface area contributed by atoms with E-state index in [0.29, 0.717) is 28.1 Å². The Morgan fingerprint density at radius 2 is 1.74 bits per heavy atom. The highest BCUT2D eigenvalue weighted by molar-refractivity contribution is 6.06. The SMILES string of the molecule is COC(=O)c1cccc(C#Cc2cccc(NC(=O)c3cc4cnn(C(C)C)c4nc3C)c2)c1. The lowest BCUT2D eigenvalue weighted by molar-refractivity contribution is 0.0600. The van der Waals surface area contributed by atoms with Gasteiger partial charge in [-0.3, -0.25) is 4.79 Å². The topological polar surface area (TPSA) is 86.1 Å². The standard InChI is InChI=1S/C27H24N4O3/c1-17(2)31-25-22(16-28-31)15-24(18(3)29-25)26(32)30-23-10-6-8-20(14-23)12-11-19-7-5-9-21(13-19)27(33)34-4/h5-10,13-17H,1-4H3,(H,30,32). The number of esters is 1. The van der Waals surface area contributed by atoms with E-state index in [-0.39, 0.29) is 11.9 Å². The number of carbonyl (C=O) groups is 2. The molecule has 7 heteroatoms. The van der Waals surface area contributed by atoms with Crippen molar-refractivity contribution in [3.63, 3.8) is 0 Å². The molecule has 0 unspecified atom stereocenters. The van der Waals surface area contributed by atoms with Crippen LogP contribution in [0.2, 0.25) is 0 Å². The minimum absolute atomic E-state index is 0.177. The maximum Gasteiger partial charge on any atom is 0.337 e. The van der Waals surface area contributed by atoms with E-state index in [1.807, 2.05) is 49.7 Å². The van der Waals surface area contributed by atoms with Gasteiger partial charge in [0.2, 0.25) is 0 Å². The Balaban J connectivity index is 1.55. The molecule has 0 atom stereocenters. The molecule has 0 spiro atoms. The molecule has 0 aliphatic heterocycles. The number of amides is 1. The van der Waals surface area contributed by atoms with Gasteiger partial charge in [0.05, 0.1) is 30.1 Å². The summed E-state index contributed by atoms with van der Waals surface area (Å²) >= 11 is 0. The van der Waals surface area contributed by atoms with Gasteiger partial charge >= 0.3 is 5.97 Å². The third-order valence-electron chi connectivity index (χ3n) is 5.25. The van der Waals surface area contributed by atoms with Crippen molar-refractivity contribution in [3.8, 4) is 11.8 Å². The van der Waals surface area contributed by atoms with Gasteiger partial charge in [-0.25, -0.2) is 14.5 Å². The van der Waals surface area contributed by atoms with Gasteiger partial charge in [0.15, 0.2) is 5.65 Å². The number of anilines is 1. The number of nitrogens with one attached hydrogen (secondary N) is 1. The summed E-state index contributed by atoms with van der Waals surface area (Å²) in [6, 6.07) is 16.2. The molecular formula is C27H24N4O3. The third kappa shape index (κ3) is 4.81. The lowest BCUT2D eigenvalue weighted by Crippen LogP contribution is -2.14. The number of fused-ring (bicyclic) bond motifs is 1. The largest absolute Gasteiger partial charge is 0.465 e. The maximum absolute atomic E-state index is 13.0. The van der Waals surface area contributed by atoms with Crippen LogP contribution in [-0.2, 0) is 4.74 Å². The highest BCUT2D eigenvalue weighted by Gasteiger charge is 2.15. The zero-order chi connectivity index (χ0) is 24.2. The first-order chi connectivity index (χ1) is 16.4. The molecule has 4 rings (SSSR count). The molecular weight excluding hydrogens is 428 g/mol. The maximum atomic E-state index is 13.0. The number of carbonyl (C=O) groups excluding carboxylic acids is 2. The van der Waals surface area contributed by atoms with Gasteiger partial charge in [0.25, 0.3) is 5.91 Å². The smallest absolute Gasteiger partial charge is 0.337 e. The van der Waals surface area contributed by atoms with Gasteiger partial charge in [0.1, 0.15) is 0 Å². The van der Waals surface area contributed by atoms with Crippen LogP contribution in [0.3, 0.4) is 0 Å². The van der Waals surface area contributed by atoms with E-state index in [0.717, 1.165) is 16.6 Å². The number of nitrogens with zero attached hydrogens (tertiary/aromatic N) is 3. The number of hydrogen-bond donors (Lipinski definition) is 1. The van der Waals surface area contributed by atoms with E-state index >= 15 is 0 Å². The van der Waals surface area contributed by atoms with Crippen molar-refractivity contribution in [2.24, 2.45) is 0 Å². The number of hydrogen-bond acceptors (Lipinski definition) is 5. The summed E-state index contributed by atoms with van der Waals surface area (Å²) in [5.74, 6) is 5.45. The van der Waals surface area contributed by atoms with Gasteiger partial charge in [-0.15, -0.1) is 0 Å². The van der Waals surface area contributed by atoms with Crippen LogP contribution in [0.1, 0.15) is 57.4 Å². The monoisotopic (exact) mass is 452 g/mol. The summed E-state index contributed by atoms with van der Waals surface area (Å²) in [6.07, 6.45) is 1.73. The van der Waals surface area contributed by atoms with Crippen LogP contribution in [0.4, 0.5) is 5.69 Å². The van der Waals surface area contributed by atoms with Crippen molar-refractivity contribution >= 4 is 28.6 Å². The van der Waals surface area contributed by atoms with E-state index in [4.69, 9.17) is 4.74 Å². The third-order valence-corrected chi connectivity index (χ3v) is 5.25. The average Bonchev–Trinajstić information content (AvgIpc) is 3.25. The van der Waals surface area contributed by atoms with Crippen LogP contribution in [0, 0.1) is 18.8 Å². The van der Waals surface area contributed by atoms with Gasteiger partial charge in [-0.2, -0.15) is 5.10 Å². The van der Waals surface area contributed by atoms with E-state index < -0.39 is 5.97 Å². The summed E-state index contributed by atoms with van der Waals surface area (Å²) in [4.78, 5) is 29.3. The molecule has 0 fully saturated rings. The lowest BCUT2D eigenvalue weighted by Gasteiger charge is -2.10. The van der Waals surface area contributed by atoms with Gasteiger partial charge in [-0.1, -0.05) is 24.0 Å². The first kappa shape index (κ1) is 22.7. The number of benzene rings is 2. The van der Waals surface area contributed by atoms with Crippen LogP contribution in [0.15, 0.2) is 60.8 Å². The predicted molar refractivity (Wildman–Crippen MR) is 131 cm³/mol. The molecule has 1 N–H and O–H groups in total. The molecule has 34 heavy (non-hydrogen) atoms. The van der Waals surface area contributed by atoms with E-state index in [1.54, 1.807) is 36.5 Å². The molecule has 2 heterocycles. The Kier molecular flexibility index (Phi) is 6.42. The Labute approximate surface area is 197 Å². The van der Waals surface area contributed by atoms with Crippen LogP contribution >= 0.6 is 0 Å². The molecule has 0 aliphatic carbocycles. The number of rotatable bonds is 4. The molecule has 0 bridgehead atoms. The predicted octanol–water partition coefficient (Wildman–Crippen LogP) is 4.76. The average molecular weight is 453 g/mol. The number of aryl methyl sites for hydroxylation is 1. The van der Waals surface area contributed by atoms with Gasteiger partial charge < -0.3 is 10.1 Å². The second-order valence-electron chi connectivity index (χ2n) is 8.07. The van der Waals surface area contributed by atoms with Crippen LogP contribution in [0.25, 0.3) is 11.0 Å². The summed E-state index contributed by atoms with van der Waals surface area (Å²) in [5, 5.41) is 8.13. The molecule has 4 aromatic rings. The zero-order valence-electron chi connectivity index (χ0n) is 19.4. The van der Waals surface area contributed by atoms with Crippen LogP contribution < -0.4 is 5.32 Å². The number of pyridine rings is 1. The molecule has 0 saturated heterocycles. The second kappa shape index (κ2) is 9.59. The fraction of sp³-hybridized carbons (Fsp3) is 0.185. The number of methoxy groups -OCH3 is 1. The molecule has 2 aromatic heterocycles. The molecule has 2 aromatic carbocycles. The van der Waals surface area contributed by atoms with Crippen molar-refractivity contribution in [2.45, 2.75) is 26.8 Å². The van der Waals surface area contributed by atoms with Crippen molar-refractivity contribution < 1.29 is 14.3 Å². The highest BCUT2D eigenvalue weighted by Crippen LogP contribution is 2.20. The molecule has 1 amide bonds. The Bertz CT molecular complexity index is 1460. The Morgan fingerprint density at radius 3 is 2.44 bits per heavy atom. The van der Waals surface area contributed by atoms with Gasteiger partial charge in [-0.05, 0) is 63.2 Å². The van der Waals surface area contributed by atoms with Crippen molar-refractivity contribution in [3.05, 3.63) is 88.7 Å².